The van der Waals surface area contributed by atoms with E-state index in [2.05, 4.69) is 26.8 Å². The molecule has 2 amide bonds. The highest BCUT2D eigenvalue weighted by Crippen LogP contribution is 2.34. The maximum atomic E-state index is 12.3. The number of hydrogen-bond donors (Lipinski definition) is 2. The molecule has 0 radical (unpaired) electrons. The molecule has 0 aliphatic rings. The Bertz CT molecular complexity index is 990. The number of ether oxygens (including phenoxy) is 1. The van der Waals surface area contributed by atoms with Crippen molar-refractivity contribution in [3.63, 3.8) is 0 Å². The van der Waals surface area contributed by atoms with Gasteiger partial charge in [0.1, 0.15) is 10.6 Å². The quantitative estimate of drug-likeness (QED) is 0.573. The highest BCUT2D eigenvalue weighted by molar-refractivity contribution is 9.10. The highest BCUT2D eigenvalue weighted by Gasteiger charge is 2.17. The van der Waals surface area contributed by atoms with Gasteiger partial charge in [-0.2, -0.15) is 0 Å². The van der Waals surface area contributed by atoms with Crippen LogP contribution in [0.5, 0.6) is 5.75 Å². The number of rotatable bonds is 4. The molecule has 1 aromatic heterocycles. The van der Waals surface area contributed by atoms with Crippen molar-refractivity contribution in [3.05, 3.63) is 62.4 Å². The third kappa shape index (κ3) is 4.17. The standard InChI is InChI=1S/C18H14BrClN2O3S/c1-10-6-7-13(12(19)8-10)25-9-15(23)21-22-18(24)17-16(20)11-4-2-3-5-14(11)26-17/h2-8H,9H2,1H3,(H,21,23)(H,22,24). The van der Waals surface area contributed by atoms with E-state index < -0.39 is 11.8 Å². The van der Waals surface area contributed by atoms with Crippen LogP contribution in [0.15, 0.2) is 46.9 Å². The van der Waals surface area contributed by atoms with E-state index in [1.165, 1.54) is 11.3 Å². The van der Waals surface area contributed by atoms with Gasteiger partial charge in [0, 0.05) is 10.1 Å². The maximum Gasteiger partial charge on any atom is 0.281 e. The van der Waals surface area contributed by atoms with Crippen LogP contribution >= 0.6 is 38.9 Å². The zero-order chi connectivity index (χ0) is 18.7. The second kappa shape index (κ2) is 8.07. The zero-order valence-corrected chi connectivity index (χ0v) is 16.8. The van der Waals surface area contributed by atoms with Gasteiger partial charge in [0.2, 0.25) is 0 Å². The summed E-state index contributed by atoms with van der Waals surface area (Å²) in [4.78, 5) is 24.5. The van der Waals surface area contributed by atoms with Gasteiger partial charge in [-0.25, -0.2) is 0 Å². The lowest BCUT2D eigenvalue weighted by Crippen LogP contribution is -2.43. The van der Waals surface area contributed by atoms with E-state index in [0.717, 1.165) is 20.1 Å². The number of amides is 2. The van der Waals surface area contributed by atoms with Crippen LogP contribution in [0.2, 0.25) is 5.02 Å². The van der Waals surface area contributed by atoms with Gasteiger partial charge < -0.3 is 4.74 Å². The third-order valence-corrected chi connectivity index (χ3v) is 5.80. The largest absolute Gasteiger partial charge is 0.483 e. The lowest BCUT2D eigenvalue weighted by atomic mass is 10.2. The number of benzene rings is 2. The Hall–Kier alpha value is -2.09. The molecule has 1 heterocycles. The molecule has 3 aromatic rings. The summed E-state index contributed by atoms with van der Waals surface area (Å²) in [6, 6.07) is 13.0. The number of carbonyl (C=O) groups is 2. The Morgan fingerprint density at radius 3 is 2.69 bits per heavy atom. The number of aryl methyl sites for hydroxylation is 1. The summed E-state index contributed by atoms with van der Waals surface area (Å²) in [5.41, 5.74) is 5.75. The van der Waals surface area contributed by atoms with E-state index in [1.807, 2.05) is 43.3 Å². The second-order valence-electron chi connectivity index (χ2n) is 5.47. The monoisotopic (exact) mass is 452 g/mol. The lowest BCUT2D eigenvalue weighted by molar-refractivity contribution is -0.123. The van der Waals surface area contributed by atoms with Crippen LogP contribution in [0.1, 0.15) is 15.2 Å². The first-order valence-electron chi connectivity index (χ1n) is 7.61. The van der Waals surface area contributed by atoms with Crippen LogP contribution in [-0.2, 0) is 4.79 Å². The molecule has 134 valence electrons. The van der Waals surface area contributed by atoms with Crippen LogP contribution in [0.3, 0.4) is 0 Å². The lowest BCUT2D eigenvalue weighted by Gasteiger charge is -2.10. The van der Waals surface area contributed by atoms with Gasteiger partial charge >= 0.3 is 0 Å². The SMILES string of the molecule is Cc1ccc(OCC(=O)NNC(=O)c2sc3ccccc3c2Cl)c(Br)c1. The number of thiophene rings is 1. The fraction of sp³-hybridized carbons (Fsp3) is 0.111. The molecule has 0 saturated carbocycles. The Balaban J connectivity index is 1.56. The van der Waals surface area contributed by atoms with E-state index in [-0.39, 0.29) is 6.61 Å². The van der Waals surface area contributed by atoms with Crippen LogP contribution < -0.4 is 15.6 Å². The minimum Gasteiger partial charge on any atom is -0.483 e. The number of halogens is 2. The molecule has 2 aromatic carbocycles. The maximum absolute atomic E-state index is 12.3. The van der Waals surface area contributed by atoms with Crippen molar-refractivity contribution in [2.75, 3.05) is 6.61 Å². The minimum atomic E-state index is -0.483. The number of carbonyl (C=O) groups excluding carboxylic acids is 2. The van der Waals surface area contributed by atoms with Gasteiger partial charge in [-0.05, 0) is 46.6 Å². The first-order valence-corrected chi connectivity index (χ1v) is 9.59. The van der Waals surface area contributed by atoms with Gasteiger partial charge in [-0.15, -0.1) is 11.3 Å². The molecule has 26 heavy (non-hydrogen) atoms. The number of hydrogen-bond acceptors (Lipinski definition) is 4. The van der Waals surface area contributed by atoms with Crippen molar-refractivity contribution >= 4 is 60.8 Å². The summed E-state index contributed by atoms with van der Waals surface area (Å²) in [6.07, 6.45) is 0. The Morgan fingerprint density at radius 1 is 1.19 bits per heavy atom. The molecule has 0 bridgehead atoms. The third-order valence-electron chi connectivity index (χ3n) is 3.50. The minimum absolute atomic E-state index is 0.234. The molecule has 0 aliphatic carbocycles. The summed E-state index contributed by atoms with van der Waals surface area (Å²) in [5.74, 6) is -0.409. The molecule has 0 fully saturated rings. The van der Waals surface area contributed by atoms with E-state index in [4.69, 9.17) is 16.3 Å². The summed E-state index contributed by atoms with van der Waals surface area (Å²) in [7, 11) is 0. The first-order chi connectivity index (χ1) is 12.5. The van der Waals surface area contributed by atoms with Crippen molar-refractivity contribution in [3.8, 4) is 5.75 Å². The van der Waals surface area contributed by atoms with Crippen LogP contribution in [0.25, 0.3) is 10.1 Å². The molecule has 0 atom stereocenters. The number of fused-ring (bicyclic) bond motifs is 1. The van der Waals surface area contributed by atoms with Crippen molar-refractivity contribution in [1.29, 1.82) is 0 Å². The van der Waals surface area contributed by atoms with Crippen molar-refractivity contribution in [2.24, 2.45) is 0 Å². The van der Waals surface area contributed by atoms with Gasteiger partial charge in [-0.1, -0.05) is 35.9 Å². The smallest absolute Gasteiger partial charge is 0.281 e. The molecular formula is C18H14BrClN2O3S. The summed E-state index contributed by atoms with van der Waals surface area (Å²) in [5, 5.41) is 1.18. The highest BCUT2D eigenvalue weighted by atomic mass is 79.9. The summed E-state index contributed by atoms with van der Waals surface area (Å²) < 4.78 is 7.09. The summed E-state index contributed by atoms with van der Waals surface area (Å²) >= 11 is 10.9. The average Bonchev–Trinajstić information content (AvgIpc) is 2.96. The zero-order valence-electron chi connectivity index (χ0n) is 13.6. The molecule has 8 heteroatoms. The van der Waals surface area contributed by atoms with E-state index in [0.29, 0.717) is 15.6 Å². The van der Waals surface area contributed by atoms with Gasteiger partial charge in [0.25, 0.3) is 11.8 Å². The Labute approximate surface area is 167 Å². The van der Waals surface area contributed by atoms with E-state index >= 15 is 0 Å². The predicted octanol–water partition coefficient (Wildman–Crippen LogP) is 4.47. The molecular weight excluding hydrogens is 440 g/mol. The summed E-state index contributed by atoms with van der Waals surface area (Å²) in [6.45, 7) is 1.72. The molecule has 0 aliphatic heterocycles. The van der Waals surface area contributed by atoms with Gasteiger partial charge in [0.05, 0.1) is 9.50 Å². The molecule has 5 nitrogen and oxygen atoms in total. The van der Waals surface area contributed by atoms with Crippen LogP contribution in [-0.4, -0.2) is 18.4 Å². The molecule has 0 saturated heterocycles. The van der Waals surface area contributed by atoms with Crippen molar-refractivity contribution in [1.82, 2.24) is 10.9 Å². The molecule has 0 spiro atoms. The molecule has 0 unspecified atom stereocenters. The normalized spacial score (nSPS) is 10.6. The average molecular weight is 454 g/mol. The van der Waals surface area contributed by atoms with Gasteiger partial charge in [-0.3, -0.25) is 20.4 Å². The van der Waals surface area contributed by atoms with E-state index in [1.54, 1.807) is 6.07 Å². The molecule has 3 rings (SSSR count). The van der Waals surface area contributed by atoms with Crippen LogP contribution in [0.4, 0.5) is 0 Å². The number of nitrogens with one attached hydrogen (secondary N) is 2. The Kier molecular flexibility index (Phi) is 5.80. The van der Waals surface area contributed by atoms with Crippen molar-refractivity contribution < 1.29 is 14.3 Å². The molecule has 2 N–H and O–H groups in total. The predicted molar refractivity (Wildman–Crippen MR) is 107 cm³/mol. The number of hydrazine groups is 1. The fourth-order valence-corrected chi connectivity index (χ4v) is 4.27. The first kappa shape index (κ1) is 18.7. The topological polar surface area (TPSA) is 67.4 Å². The van der Waals surface area contributed by atoms with E-state index in [9.17, 15) is 9.59 Å². The van der Waals surface area contributed by atoms with Gasteiger partial charge in [0.15, 0.2) is 6.61 Å². The fourth-order valence-electron chi connectivity index (χ4n) is 2.25. The second-order valence-corrected chi connectivity index (χ2v) is 7.75. The Morgan fingerprint density at radius 2 is 1.96 bits per heavy atom. The van der Waals surface area contributed by atoms with Crippen molar-refractivity contribution in [2.45, 2.75) is 6.92 Å². The van der Waals surface area contributed by atoms with Crippen LogP contribution in [0, 0.1) is 6.92 Å².